The number of amides is 7. The van der Waals surface area contributed by atoms with Crippen molar-refractivity contribution in [2.45, 2.75) is 81.6 Å². The van der Waals surface area contributed by atoms with E-state index >= 15 is 0 Å². The van der Waals surface area contributed by atoms with Crippen LogP contribution in [0.1, 0.15) is 50.5 Å². The third kappa shape index (κ3) is 12.1. The monoisotopic (exact) mass is 789 g/mol. The summed E-state index contributed by atoms with van der Waals surface area (Å²) in [6, 6.07) is 1.22. The highest BCUT2D eigenvalue weighted by atomic mass is 33.1. The summed E-state index contributed by atoms with van der Waals surface area (Å²) in [4.78, 5) is 109. The van der Waals surface area contributed by atoms with Gasteiger partial charge >= 0.3 is 5.97 Å². The van der Waals surface area contributed by atoms with Gasteiger partial charge in [0.05, 0.1) is 13.0 Å². The number of unbranched alkanes of at least 4 members (excludes halogenated alkanes) is 1. The first-order valence-electron chi connectivity index (χ1n) is 17.7. The molecule has 20 heteroatoms. The van der Waals surface area contributed by atoms with Crippen LogP contribution in [0.3, 0.4) is 0 Å². The van der Waals surface area contributed by atoms with E-state index < -0.39 is 90.5 Å². The number of H-pyrrole nitrogens is 1. The van der Waals surface area contributed by atoms with Gasteiger partial charge in [-0.3, -0.25) is 38.4 Å². The van der Waals surface area contributed by atoms with Gasteiger partial charge < -0.3 is 53.0 Å². The number of carbonyl (C=O) groups is 8. The van der Waals surface area contributed by atoms with Crippen LogP contribution in [0.15, 0.2) is 30.5 Å². The van der Waals surface area contributed by atoms with Gasteiger partial charge in [0, 0.05) is 48.0 Å². The second-order valence-corrected chi connectivity index (χ2v) is 15.6. The highest BCUT2D eigenvalue weighted by Crippen LogP contribution is 2.25. The van der Waals surface area contributed by atoms with Gasteiger partial charge in [-0.25, -0.2) is 0 Å². The molecule has 0 saturated carbocycles. The molecule has 4 rings (SSSR count). The number of aliphatic carboxylic acids is 1. The fraction of sp³-hybridized carbons (Fsp3) is 0.529. The lowest BCUT2D eigenvalue weighted by Crippen LogP contribution is -2.59. The second kappa shape index (κ2) is 20.6. The van der Waals surface area contributed by atoms with Gasteiger partial charge in [-0.05, 0) is 50.3 Å². The fourth-order valence-electron chi connectivity index (χ4n) is 6.22. The molecule has 0 bridgehead atoms. The largest absolute Gasteiger partial charge is 0.481 e. The van der Waals surface area contributed by atoms with Crippen molar-refractivity contribution >= 4 is 79.8 Å². The average molecular weight is 790 g/mol. The van der Waals surface area contributed by atoms with E-state index in [1.54, 1.807) is 12.3 Å². The van der Waals surface area contributed by atoms with Crippen LogP contribution in [0, 0.1) is 0 Å². The zero-order chi connectivity index (χ0) is 39.2. The maximum Gasteiger partial charge on any atom is 0.305 e. The van der Waals surface area contributed by atoms with Gasteiger partial charge in [-0.2, -0.15) is 0 Å². The summed E-state index contributed by atoms with van der Waals surface area (Å²) < 4.78 is 0. The van der Waals surface area contributed by atoms with Crippen molar-refractivity contribution in [1.29, 1.82) is 0 Å². The molecule has 3 heterocycles. The molecule has 2 aliphatic heterocycles. The Morgan fingerprint density at radius 3 is 2.39 bits per heavy atom. The SMILES string of the molecule is NCCCCC1NC(=O)CCSSCC(C(N)=O)NC(=O)[C@H]2CCCN2C(=O)C(Cc2c[nH]c3ccccc23)NC(=O)C(CC(=O)O)NC(=O)CNC1=O. The number of nitrogens with zero attached hydrogens (tertiary/aromatic N) is 1. The van der Waals surface area contributed by atoms with E-state index in [-0.39, 0.29) is 38.0 Å². The summed E-state index contributed by atoms with van der Waals surface area (Å²) in [6.45, 7) is -0.111. The number of primary amides is 1. The molecule has 5 atom stereocenters. The molecule has 1 aromatic heterocycles. The maximum absolute atomic E-state index is 14.3. The number of aromatic amines is 1. The molecule has 18 nitrogen and oxygen atoms in total. The summed E-state index contributed by atoms with van der Waals surface area (Å²) in [5.41, 5.74) is 12.6. The Labute approximate surface area is 319 Å². The highest BCUT2D eigenvalue weighted by molar-refractivity contribution is 8.76. The molecule has 0 aliphatic carbocycles. The molecule has 2 aromatic rings. The van der Waals surface area contributed by atoms with Gasteiger partial charge in [0.2, 0.25) is 41.4 Å². The quantitative estimate of drug-likeness (QED) is 0.105. The molecule has 294 valence electrons. The Hall–Kier alpha value is -4.82. The molecular formula is C34H47N9O9S2. The molecule has 0 radical (unpaired) electrons. The summed E-state index contributed by atoms with van der Waals surface area (Å²) in [6.07, 6.45) is 2.81. The summed E-state index contributed by atoms with van der Waals surface area (Å²) >= 11 is 0. The topological polar surface area (TPSA) is 288 Å². The van der Waals surface area contributed by atoms with Crippen LogP contribution in [0.5, 0.6) is 0 Å². The van der Waals surface area contributed by atoms with Crippen molar-refractivity contribution in [1.82, 2.24) is 36.5 Å². The first-order chi connectivity index (χ1) is 25.9. The zero-order valence-corrected chi connectivity index (χ0v) is 31.2. The number of carboxylic acid groups (broad SMARTS) is 1. The predicted molar refractivity (Wildman–Crippen MR) is 201 cm³/mol. The number of carboxylic acids is 1. The summed E-state index contributed by atoms with van der Waals surface area (Å²) in [5, 5.41) is 23.1. The van der Waals surface area contributed by atoms with Crippen LogP contribution in [0.4, 0.5) is 0 Å². The van der Waals surface area contributed by atoms with E-state index in [1.807, 2.05) is 18.2 Å². The molecule has 7 amide bonds. The first kappa shape index (κ1) is 41.9. The molecule has 54 heavy (non-hydrogen) atoms. The lowest BCUT2D eigenvalue weighted by atomic mass is 10.0. The van der Waals surface area contributed by atoms with Crippen LogP contribution >= 0.6 is 21.6 Å². The Morgan fingerprint density at radius 1 is 0.889 bits per heavy atom. The van der Waals surface area contributed by atoms with Crippen LogP contribution in [-0.4, -0.2) is 124 Å². The Bertz CT molecular complexity index is 1710. The van der Waals surface area contributed by atoms with Gasteiger partial charge in [-0.15, -0.1) is 0 Å². The van der Waals surface area contributed by atoms with E-state index in [4.69, 9.17) is 11.5 Å². The lowest BCUT2D eigenvalue weighted by molar-refractivity contribution is -0.143. The molecule has 2 saturated heterocycles. The lowest BCUT2D eigenvalue weighted by Gasteiger charge is -2.30. The van der Waals surface area contributed by atoms with Crippen molar-refractivity contribution in [2.24, 2.45) is 11.5 Å². The van der Waals surface area contributed by atoms with Crippen LogP contribution < -0.4 is 38.1 Å². The Balaban J connectivity index is 1.64. The molecule has 4 unspecified atom stereocenters. The third-order valence-corrected chi connectivity index (χ3v) is 11.4. The number of nitrogens with two attached hydrogens (primary N) is 2. The van der Waals surface area contributed by atoms with E-state index in [9.17, 15) is 43.5 Å². The normalized spacial score (nSPS) is 24.5. The van der Waals surface area contributed by atoms with Crippen LogP contribution in [0.2, 0.25) is 0 Å². The highest BCUT2D eigenvalue weighted by Gasteiger charge is 2.40. The summed E-state index contributed by atoms with van der Waals surface area (Å²) in [5.74, 6) is -6.06. The number of fused-ring (bicyclic) bond motifs is 2. The standard InChI is InChI=1S/C34H47N9O9S2/c35-11-4-3-8-22-31(49)38-17-28(45)40-23(15-29(46)47)32(50)41-24(14-19-16-37-21-7-2-1-6-20(19)21)34(52)43-12-5-9-26(43)33(51)42-25(30(36)48)18-54-53-13-10-27(44)39-22/h1-2,6-7,16,22-26,37H,3-5,8-15,17-18,35H2,(H2,36,48)(H,38,49)(H,39,44)(H,40,45)(H,41,50)(H,42,51)(H,46,47)/t22?,23?,24?,25?,26-/m1/s1. The number of carbonyl (C=O) groups excluding carboxylic acids is 7. The minimum absolute atomic E-state index is 0.0112. The van der Waals surface area contributed by atoms with Crippen molar-refractivity contribution < 1.29 is 43.5 Å². The number of hydrogen-bond acceptors (Lipinski definition) is 11. The third-order valence-electron chi connectivity index (χ3n) is 8.99. The molecular weight excluding hydrogens is 743 g/mol. The molecule has 0 spiro atoms. The van der Waals surface area contributed by atoms with Crippen LogP contribution in [-0.2, 0) is 44.8 Å². The van der Waals surface area contributed by atoms with Gasteiger partial charge in [0.15, 0.2) is 0 Å². The number of para-hydroxylation sites is 1. The van der Waals surface area contributed by atoms with Crippen molar-refractivity contribution in [3.05, 3.63) is 36.0 Å². The van der Waals surface area contributed by atoms with Crippen LogP contribution in [0.25, 0.3) is 10.9 Å². The number of nitrogens with one attached hydrogen (secondary N) is 6. The fourth-order valence-corrected chi connectivity index (χ4v) is 8.38. The van der Waals surface area contributed by atoms with E-state index in [0.29, 0.717) is 37.1 Å². The molecule has 2 aliphatic rings. The maximum atomic E-state index is 14.3. The van der Waals surface area contributed by atoms with E-state index in [2.05, 4.69) is 31.6 Å². The number of benzene rings is 1. The van der Waals surface area contributed by atoms with Gasteiger partial charge in [0.25, 0.3) is 0 Å². The van der Waals surface area contributed by atoms with E-state index in [1.165, 1.54) is 26.5 Å². The first-order valence-corrected chi connectivity index (χ1v) is 20.1. The molecule has 2 fully saturated rings. The average Bonchev–Trinajstić information content (AvgIpc) is 3.79. The smallest absolute Gasteiger partial charge is 0.305 e. The Kier molecular flexibility index (Phi) is 16.0. The number of rotatable bonds is 9. The predicted octanol–water partition coefficient (Wildman–Crippen LogP) is -1.37. The number of hydrogen-bond donors (Lipinski definition) is 9. The van der Waals surface area contributed by atoms with Crippen molar-refractivity contribution in [3.8, 4) is 0 Å². The van der Waals surface area contributed by atoms with Gasteiger partial charge in [-0.1, -0.05) is 39.8 Å². The Morgan fingerprint density at radius 2 is 1.65 bits per heavy atom. The number of aromatic nitrogens is 1. The van der Waals surface area contributed by atoms with Gasteiger partial charge in [0.1, 0.15) is 30.2 Å². The summed E-state index contributed by atoms with van der Waals surface area (Å²) in [7, 11) is 2.48. The van der Waals surface area contributed by atoms with Crippen molar-refractivity contribution in [2.75, 3.05) is 31.1 Å². The molecule has 11 N–H and O–H groups in total. The molecule has 1 aromatic carbocycles. The van der Waals surface area contributed by atoms with Crippen molar-refractivity contribution in [3.63, 3.8) is 0 Å². The second-order valence-electron chi connectivity index (χ2n) is 13.0. The zero-order valence-electron chi connectivity index (χ0n) is 29.6. The van der Waals surface area contributed by atoms with E-state index in [0.717, 1.165) is 10.9 Å². The minimum atomic E-state index is -1.66. The minimum Gasteiger partial charge on any atom is -0.481 e.